The van der Waals surface area contributed by atoms with Crippen LogP contribution in [-0.4, -0.2) is 52.4 Å². The van der Waals surface area contributed by atoms with Crippen LogP contribution in [-0.2, 0) is 9.84 Å². The first kappa shape index (κ1) is 15.1. The molecular weight excluding hydrogens is 278 g/mol. The lowest BCUT2D eigenvalue weighted by molar-refractivity contribution is 0.0652. The molecule has 1 unspecified atom stereocenters. The lowest BCUT2D eigenvalue weighted by atomic mass is 10.2. The number of hydrogen-bond acceptors (Lipinski definition) is 5. The van der Waals surface area contributed by atoms with E-state index in [1.807, 2.05) is 7.05 Å². The molecule has 1 aliphatic rings. The highest BCUT2D eigenvalue weighted by Gasteiger charge is 2.23. The van der Waals surface area contributed by atoms with Crippen molar-refractivity contribution < 1.29 is 17.9 Å². The third-order valence-electron chi connectivity index (χ3n) is 3.18. The summed E-state index contributed by atoms with van der Waals surface area (Å²) in [6.45, 7) is 4.37. The normalized spacial score (nSPS) is 18.3. The van der Waals surface area contributed by atoms with Crippen LogP contribution in [0.15, 0.2) is 23.1 Å². The Bertz CT molecular complexity index is 571. The van der Waals surface area contributed by atoms with Crippen LogP contribution in [0.4, 0.5) is 0 Å². The molecule has 1 aromatic carbocycles. The molecule has 0 radical (unpaired) electrons. The Balaban J connectivity index is 2.12. The number of ether oxygens (including phenoxy) is 2. The molecule has 0 amide bonds. The molecule has 0 aliphatic carbocycles. The van der Waals surface area contributed by atoms with E-state index < -0.39 is 9.84 Å². The number of rotatable bonds is 5. The Morgan fingerprint density at radius 3 is 2.75 bits per heavy atom. The van der Waals surface area contributed by atoms with Crippen LogP contribution in [0.25, 0.3) is 0 Å². The van der Waals surface area contributed by atoms with Crippen molar-refractivity contribution >= 4 is 9.84 Å². The average Bonchev–Trinajstić information content (AvgIpc) is 2.37. The second-order valence-electron chi connectivity index (χ2n) is 5.19. The third kappa shape index (κ3) is 3.64. The van der Waals surface area contributed by atoms with E-state index in [-0.39, 0.29) is 11.0 Å². The zero-order valence-corrected chi connectivity index (χ0v) is 12.9. The predicted molar refractivity (Wildman–Crippen MR) is 77.3 cm³/mol. The maximum Gasteiger partial charge on any atom is 0.175 e. The fraction of sp³-hybridized carbons (Fsp3) is 0.571. The summed E-state index contributed by atoms with van der Waals surface area (Å²) in [5, 5.41) is 0. The van der Waals surface area contributed by atoms with Crippen molar-refractivity contribution in [3.63, 3.8) is 0 Å². The summed E-state index contributed by atoms with van der Waals surface area (Å²) in [6, 6.07) is 4.73. The van der Waals surface area contributed by atoms with Gasteiger partial charge in [0.15, 0.2) is 21.3 Å². The van der Waals surface area contributed by atoms with Crippen LogP contribution >= 0.6 is 0 Å². The maximum atomic E-state index is 11.6. The highest BCUT2D eigenvalue weighted by molar-refractivity contribution is 7.90. The zero-order chi connectivity index (χ0) is 14.8. The van der Waals surface area contributed by atoms with Gasteiger partial charge in [-0.25, -0.2) is 8.42 Å². The summed E-state index contributed by atoms with van der Waals surface area (Å²) in [7, 11) is -1.19. The van der Waals surface area contributed by atoms with E-state index in [0.717, 1.165) is 19.5 Å². The van der Waals surface area contributed by atoms with Gasteiger partial charge >= 0.3 is 0 Å². The molecule has 0 fully saturated rings. The van der Waals surface area contributed by atoms with Gasteiger partial charge in [-0.05, 0) is 32.1 Å². The van der Waals surface area contributed by atoms with Crippen molar-refractivity contribution in [2.24, 2.45) is 0 Å². The molecule has 6 heteroatoms. The topological polar surface area (TPSA) is 55.8 Å². The number of nitrogens with zero attached hydrogens (tertiary/aromatic N) is 1. The van der Waals surface area contributed by atoms with Gasteiger partial charge in [-0.2, -0.15) is 0 Å². The third-order valence-corrected chi connectivity index (χ3v) is 4.29. The number of sulfone groups is 1. The first-order chi connectivity index (χ1) is 9.40. The van der Waals surface area contributed by atoms with Gasteiger partial charge in [-0.1, -0.05) is 6.92 Å². The zero-order valence-electron chi connectivity index (χ0n) is 12.1. The minimum Gasteiger partial charge on any atom is -0.486 e. The first-order valence-electron chi connectivity index (χ1n) is 6.72. The van der Waals surface area contributed by atoms with E-state index in [1.54, 1.807) is 12.1 Å². The van der Waals surface area contributed by atoms with Gasteiger partial charge in [-0.3, -0.25) is 0 Å². The van der Waals surface area contributed by atoms with E-state index in [1.165, 1.54) is 12.3 Å². The SMILES string of the molecule is CCCN(C)CC1COc2ccc(S(C)(=O)=O)cc2O1. The molecule has 5 nitrogen and oxygen atoms in total. The van der Waals surface area contributed by atoms with Crippen LogP contribution in [0.5, 0.6) is 11.5 Å². The summed E-state index contributed by atoms with van der Waals surface area (Å²) in [4.78, 5) is 2.43. The number of hydrogen-bond donors (Lipinski definition) is 0. The van der Waals surface area contributed by atoms with E-state index in [9.17, 15) is 8.42 Å². The minimum absolute atomic E-state index is 0.0751. The van der Waals surface area contributed by atoms with Crippen molar-refractivity contribution in [3.8, 4) is 11.5 Å². The summed E-state index contributed by atoms with van der Waals surface area (Å²) >= 11 is 0. The second kappa shape index (κ2) is 6.01. The fourth-order valence-electron chi connectivity index (χ4n) is 2.24. The molecule has 0 saturated heterocycles. The van der Waals surface area contributed by atoms with Crippen molar-refractivity contribution in [3.05, 3.63) is 18.2 Å². The lowest BCUT2D eigenvalue weighted by Crippen LogP contribution is -2.39. The Labute approximate surface area is 120 Å². The molecular formula is C14H21NO4S. The first-order valence-corrected chi connectivity index (χ1v) is 8.61. The van der Waals surface area contributed by atoms with Crippen molar-refractivity contribution in [1.82, 2.24) is 4.90 Å². The molecule has 0 saturated carbocycles. The molecule has 0 aromatic heterocycles. The molecule has 0 N–H and O–H groups in total. The Hall–Kier alpha value is -1.27. The Kier molecular flexibility index (Phi) is 4.55. The van der Waals surface area contributed by atoms with Gasteiger partial charge < -0.3 is 14.4 Å². The maximum absolute atomic E-state index is 11.6. The molecule has 20 heavy (non-hydrogen) atoms. The van der Waals surface area contributed by atoms with Crippen LogP contribution in [0.1, 0.15) is 13.3 Å². The Morgan fingerprint density at radius 1 is 1.35 bits per heavy atom. The van der Waals surface area contributed by atoms with Gasteiger partial charge in [0, 0.05) is 18.9 Å². The summed E-state index contributed by atoms with van der Waals surface area (Å²) < 4.78 is 34.6. The van der Waals surface area contributed by atoms with Crippen LogP contribution in [0.2, 0.25) is 0 Å². The monoisotopic (exact) mass is 299 g/mol. The molecule has 1 atom stereocenters. The quantitative estimate of drug-likeness (QED) is 0.826. The molecule has 0 bridgehead atoms. The van der Waals surface area contributed by atoms with Gasteiger partial charge in [0.2, 0.25) is 0 Å². The van der Waals surface area contributed by atoms with Crippen LogP contribution in [0, 0.1) is 0 Å². The Morgan fingerprint density at radius 2 is 2.10 bits per heavy atom. The van der Waals surface area contributed by atoms with Crippen LogP contribution in [0.3, 0.4) is 0 Å². The van der Waals surface area contributed by atoms with Crippen molar-refractivity contribution in [1.29, 1.82) is 0 Å². The molecule has 2 rings (SSSR count). The second-order valence-corrected chi connectivity index (χ2v) is 7.21. The van der Waals surface area contributed by atoms with Crippen LogP contribution < -0.4 is 9.47 Å². The average molecular weight is 299 g/mol. The summed E-state index contributed by atoms with van der Waals surface area (Å²) in [6.07, 6.45) is 2.19. The molecule has 1 aliphatic heterocycles. The highest BCUT2D eigenvalue weighted by Crippen LogP contribution is 2.33. The highest BCUT2D eigenvalue weighted by atomic mass is 32.2. The molecule has 112 valence electrons. The number of benzene rings is 1. The summed E-state index contributed by atoms with van der Waals surface area (Å²) in [5.74, 6) is 1.11. The molecule has 1 aromatic rings. The predicted octanol–water partition coefficient (Wildman–Crippen LogP) is 1.57. The summed E-state index contributed by atoms with van der Waals surface area (Å²) in [5.41, 5.74) is 0. The molecule has 0 spiro atoms. The fourth-order valence-corrected chi connectivity index (χ4v) is 2.87. The minimum atomic E-state index is -3.23. The van der Waals surface area contributed by atoms with Crippen molar-refractivity contribution in [2.45, 2.75) is 24.3 Å². The number of fused-ring (bicyclic) bond motifs is 1. The van der Waals surface area contributed by atoms with Gasteiger partial charge in [0.05, 0.1) is 4.90 Å². The van der Waals surface area contributed by atoms with E-state index in [0.29, 0.717) is 18.1 Å². The van der Waals surface area contributed by atoms with Crippen molar-refractivity contribution in [2.75, 3.05) is 33.0 Å². The lowest BCUT2D eigenvalue weighted by Gasteiger charge is -2.29. The van der Waals surface area contributed by atoms with E-state index in [4.69, 9.17) is 9.47 Å². The van der Waals surface area contributed by atoms with Gasteiger partial charge in [-0.15, -0.1) is 0 Å². The molecule has 1 heterocycles. The van der Waals surface area contributed by atoms with E-state index >= 15 is 0 Å². The standard InChI is InChI=1S/C14H21NO4S/c1-4-7-15(2)9-11-10-18-13-6-5-12(20(3,16)17)8-14(13)19-11/h5-6,8,11H,4,7,9-10H2,1-3H3. The largest absolute Gasteiger partial charge is 0.486 e. The van der Waals surface area contributed by atoms with Gasteiger partial charge in [0.1, 0.15) is 12.7 Å². The number of likely N-dealkylation sites (N-methyl/N-ethyl adjacent to an activating group) is 1. The smallest absolute Gasteiger partial charge is 0.175 e. The van der Waals surface area contributed by atoms with Gasteiger partial charge in [0.25, 0.3) is 0 Å². The van der Waals surface area contributed by atoms with E-state index in [2.05, 4.69) is 11.8 Å².